The summed E-state index contributed by atoms with van der Waals surface area (Å²) in [5.41, 5.74) is 4.61. The largest absolute Gasteiger partial charge is 0.397 e. The standard InChI is InChI=1S/C8H11F2N.C2H6/c1-4-5(2)7(9)8(10)6(3)11;1-2/h2-4,11H2,1H3;1-2H3/b8-7-;. The summed E-state index contributed by atoms with van der Waals surface area (Å²) in [6.45, 7) is 12.0. The van der Waals surface area contributed by atoms with Crippen LogP contribution in [0.3, 0.4) is 0 Å². The molecule has 0 fully saturated rings. The highest BCUT2D eigenvalue weighted by atomic mass is 19.2. The van der Waals surface area contributed by atoms with Crippen molar-refractivity contribution in [3.05, 3.63) is 36.1 Å². The molecule has 0 aromatic carbocycles. The molecule has 0 saturated heterocycles. The van der Waals surface area contributed by atoms with Crippen LogP contribution < -0.4 is 5.73 Å². The molecule has 2 N–H and O–H groups in total. The number of hydrogen-bond donors (Lipinski definition) is 1. The minimum atomic E-state index is -1.11. The molecule has 0 bridgehead atoms. The summed E-state index contributed by atoms with van der Waals surface area (Å²) in [5.74, 6) is -2.11. The van der Waals surface area contributed by atoms with Crippen LogP contribution in [0.15, 0.2) is 36.1 Å². The van der Waals surface area contributed by atoms with Gasteiger partial charge in [0.25, 0.3) is 0 Å². The molecule has 0 aromatic rings. The van der Waals surface area contributed by atoms with Crippen LogP contribution in [0.5, 0.6) is 0 Å². The van der Waals surface area contributed by atoms with E-state index < -0.39 is 17.4 Å². The van der Waals surface area contributed by atoms with E-state index in [1.165, 1.54) is 0 Å². The van der Waals surface area contributed by atoms with E-state index in [0.29, 0.717) is 6.42 Å². The molecule has 76 valence electrons. The fraction of sp³-hybridized carbons (Fsp3) is 0.400. The van der Waals surface area contributed by atoms with Crippen LogP contribution in [0, 0.1) is 0 Å². The Kier molecular flexibility index (Phi) is 8.34. The molecule has 0 atom stereocenters. The Morgan fingerprint density at radius 3 is 1.77 bits per heavy atom. The van der Waals surface area contributed by atoms with Crippen LogP contribution >= 0.6 is 0 Å². The molecule has 0 amide bonds. The Morgan fingerprint density at radius 1 is 1.15 bits per heavy atom. The van der Waals surface area contributed by atoms with E-state index in [2.05, 4.69) is 13.2 Å². The first-order valence-corrected chi connectivity index (χ1v) is 4.18. The third kappa shape index (κ3) is 5.17. The molecule has 0 rings (SSSR count). The third-order valence-corrected chi connectivity index (χ3v) is 1.21. The van der Waals surface area contributed by atoms with Crippen LogP contribution in [0.2, 0.25) is 0 Å². The molecule has 13 heavy (non-hydrogen) atoms. The highest BCUT2D eigenvalue weighted by Crippen LogP contribution is 2.20. The van der Waals surface area contributed by atoms with E-state index in [4.69, 9.17) is 5.73 Å². The fourth-order valence-electron chi connectivity index (χ4n) is 0.451. The Balaban J connectivity index is 0. The van der Waals surface area contributed by atoms with Gasteiger partial charge in [0, 0.05) is 0 Å². The van der Waals surface area contributed by atoms with E-state index in [9.17, 15) is 8.78 Å². The Hall–Kier alpha value is -1.12. The van der Waals surface area contributed by atoms with Crippen molar-refractivity contribution in [2.45, 2.75) is 27.2 Å². The monoisotopic (exact) mass is 189 g/mol. The summed E-state index contributed by atoms with van der Waals surface area (Å²) in [5, 5.41) is 0. The van der Waals surface area contributed by atoms with Gasteiger partial charge in [-0.05, 0) is 12.0 Å². The van der Waals surface area contributed by atoms with E-state index in [1.807, 2.05) is 13.8 Å². The second-order valence-corrected chi connectivity index (χ2v) is 2.11. The van der Waals surface area contributed by atoms with Gasteiger partial charge in [-0.2, -0.15) is 0 Å². The predicted octanol–water partition coefficient (Wildman–Crippen LogP) is 3.60. The fourth-order valence-corrected chi connectivity index (χ4v) is 0.451. The predicted molar refractivity (Wildman–Crippen MR) is 53.3 cm³/mol. The van der Waals surface area contributed by atoms with Gasteiger partial charge in [0.2, 0.25) is 0 Å². The lowest BCUT2D eigenvalue weighted by Gasteiger charge is -2.00. The highest BCUT2D eigenvalue weighted by Gasteiger charge is 2.08. The van der Waals surface area contributed by atoms with Crippen LogP contribution in [0.1, 0.15) is 27.2 Å². The van der Waals surface area contributed by atoms with Gasteiger partial charge in [-0.1, -0.05) is 33.9 Å². The van der Waals surface area contributed by atoms with Gasteiger partial charge in [0.1, 0.15) is 0 Å². The van der Waals surface area contributed by atoms with E-state index in [1.54, 1.807) is 6.92 Å². The van der Waals surface area contributed by atoms with E-state index in [0.717, 1.165) is 0 Å². The van der Waals surface area contributed by atoms with E-state index >= 15 is 0 Å². The molecular formula is C10H17F2N. The maximum Gasteiger partial charge on any atom is 0.181 e. The Bertz CT molecular complexity index is 217. The average molecular weight is 189 g/mol. The number of halogens is 2. The molecule has 0 aromatic heterocycles. The zero-order chi connectivity index (χ0) is 11.0. The zero-order valence-electron chi connectivity index (χ0n) is 8.45. The maximum absolute atomic E-state index is 12.7. The van der Waals surface area contributed by atoms with E-state index in [-0.39, 0.29) is 5.57 Å². The van der Waals surface area contributed by atoms with Gasteiger partial charge in [0.05, 0.1) is 5.70 Å². The first-order valence-electron chi connectivity index (χ1n) is 4.18. The van der Waals surface area contributed by atoms with Gasteiger partial charge >= 0.3 is 0 Å². The Labute approximate surface area is 78.6 Å². The number of allylic oxidation sites excluding steroid dienone is 3. The molecule has 0 aliphatic heterocycles. The van der Waals surface area contributed by atoms with Crippen LogP contribution in [-0.4, -0.2) is 0 Å². The molecule has 0 heterocycles. The lowest BCUT2D eigenvalue weighted by Crippen LogP contribution is -1.97. The van der Waals surface area contributed by atoms with Crippen molar-refractivity contribution in [1.82, 2.24) is 0 Å². The minimum absolute atomic E-state index is 0.0918. The van der Waals surface area contributed by atoms with Gasteiger partial charge < -0.3 is 5.73 Å². The zero-order valence-corrected chi connectivity index (χ0v) is 8.45. The molecule has 0 unspecified atom stereocenters. The number of hydrogen-bond acceptors (Lipinski definition) is 1. The van der Waals surface area contributed by atoms with Gasteiger partial charge in [-0.3, -0.25) is 0 Å². The van der Waals surface area contributed by atoms with Gasteiger partial charge in [0.15, 0.2) is 11.7 Å². The lowest BCUT2D eigenvalue weighted by atomic mass is 10.2. The van der Waals surface area contributed by atoms with Crippen LogP contribution in [0.25, 0.3) is 0 Å². The average Bonchev–Trinajstić information content (AvgIpc) is 2.17. The molecule has 0 aliphatic carbocycles. The van der Waals surface area contributed by atoms with Crippen molar-refractivity contribution in [1.29, 1.82) is 0 Å². The molecule has 0 saturated carbocycles. The minimum Gasteiger partial charge on any atom is -0.397 e. The SMILES string of the molecule is C=C(N)/C(F)=C(/F)C(=C)CC.CC. The summed E-state index contributed by atoms with van der Waals surface area (Å²) in [4.78, 5) is 0. The van der Waals surface area contributed by atoms with Crippen molar-refractivity contribution >= 4 is 0 Å². The van der Waals surface area contributed by atoms with Crippen molar-refractivity contribution in [3.63, 3.8) is 0 Å². The van der Waals surface area contributed by atoms with Crippen LogP contribution in [-0.2, 0) is 0 Å². The second kappa shape index (κ2) is 7.53. The highest BCUT2D eigenvalue weighted by molar-refractivity contribution is 5.32. The van der Waals surface area contributed by atoms with Gasteiger partial charge in [-0.25, -0.2) is 8.78 Å². The summed E-state index contributed by atoms with van der Waals surface area (Å²) in [7, 11) is 0. The molecule has 1 nitrogen and oxygen atoms in total. The first-order chi connectivity index (χ1) is 6.00. The summed E-state index contributed by atoms with van der Waals surface area (Å²) in [6.07, 6.45) is 0.354. The number of rotatable bonds is 3. The molecule has 0 spiro atoms. The quantitative estimate of drug-likeness (QED) is 0.674. The topological polar surface area (TPSA) is 26.0 Å². The third-order valence-electron chi connectivity index (χ3n) is 1.21. The normalized spacial score (nSPS) is 10.8. The second-order valence-electron chi connectivity index (χ2n) is 2.11. The number of nitrogens with two attached hydrogens (primary N) is 1. The van der Waals surface area contributed by atoms with Crippen LogP contribution in [0.4, 0.5) is 8.78 Å². The molecule has 0 aliphatic rings. The smallest absolute Gasteiger partial charge is 0.181 e. The molecular weight excluding hydrogens is 172 g/mol. The first kappa shape index (κ1) is 14.4. The Morgan fingerprint density at radius 2 is 1.54 bits per heavy atom. The molecule has 3 heteroatoms. The van der Waals surface area contributed by atoms with Crippen molar-refractivity contribution in [2.24, 2.45) is 5.73 Å². The summed E-state index contributed by atoms with van der Waals surface area (Å²) in [6, 6.07) is 0. The summed E-state index contributed by atoms with van der Waals surface area (Å²) >= 11 is 0. The molecule has 0 radical (unpaired) electrons. The summed E-state index contributed by atoms with van der Waals surface area (Å²) < 4.78 is 25.3. The lowest BCUT2D eigenvalue weighted by molar-refractivity contribution is 0.550. The van der Waals surface area contributed by atoms with Gasteiger partial charge in [-0.15, -0.1) is 0 Å². The van der Waals surface area contributed by atoms with Crippen molar-refractivity contribution < 1.29 is 8.78 Å². The van der Waals surface area contributed by atoms with Crippen molar-refractivity contribution in [3.8, 4) is 0 Å². The van der Waals surface area contributed by atoms with Crippen molar-refractivity contribution in [2.75, 3.05) is 0 Å². The maximum atomic E-state index is 12.7.